The molecule has 0 radical (unpaired) electrons. The molecule has 0 N–H and O–H groups in total. The van der Waals surface area contributed by atoms with E-state index in [4.69, 9.17) is 0 Å². The van der Waals surface area contributed by atoms with Crippen molar-refractivity contribution in [3.63, 3.8) is 0 Å². The summed E-state index contributed by atoms with van der Waals surface area (Å²) in [6.07, 6.45) is 0. The third kappa shape index (κ3) is 5.53. The summed E-state index contributed by atoms with van der Waals surface area (Å²) in [7, 11) is 0. The van der Waals surface area contributed by atoms with E-state index in [9.17, 15) is 0 Å². The van der Waals surface area contributed by atoms with Crippen LogP contribution in [0.5, 0.6) is 0 Å². The van der Waals surface area contributed by atoms with Gasteiger partial charge in [0.05, 0.1) is 10.8 Å². The first-order chi connectivity index (χ1) is 34.3. The molecule has 0 aromatic heterocycles. The van der Waals surface area contributed by atoms with Gasteiger partial charge in [0.1, 0.15) is 0 Å². The van der Waals surface area contributed by atoms with Crippen LogP contribution in [0.15, 0.2) is 273 Å². The average molecular weight is 876 g/mol. The number of para-hydroxylation sites is 1. The Kier molecular flexibility index (Phi) is 8.78. The van der Waals surface area contributed by atoms with Crippen molar-refractivity contribution in [1.82, 2.24) is 0 Å². The molecule has 1 spiro atoms. The standard InChI is InChI=1S/C68H45N/c1-6-22-46(23-7-1)47-38-40-52(41-39-47)69(51-30-14-5-15-31-51)53-42-43-57-61(44-53)67(49-26-10-3-11-27-49,50-28-12-4-13-29-50)62-45-63-65(64(66(57)62)48-24-8-2-9-25-48)56-34-18-21-37-60(56)68(63)58-35-19-16-32-54(58)55-33-17-20-36-59(55)68/h1-45H. The Labute approximate surface area is 403 Å². The fourth-order valence-electron chi connectivity index (χ4n) is 12.7. The highest BCUT2D eigenvalue weighted by atomic mass is 15.1. The van der Waals surface area contributed by atoms with Crippen molar-refractivity contribution < 1.29 is 0 Å². The van der Waals surface area contributed by atoms with Crippen LogP contribution < -0.4 is 4.90 Å². The molecule has 0 amide bonds. The van der Waals surface area contributed by atoms with E-state index in [1.165, 1.54) is 100 Å². The molecule has 11 aromatic carbocycles. The van der Waals surface area contributed by atoms with Gasteiger partial charge < -0.3 is 4.90 Å². The molecule has 0 atom stereocenters. The molecule has 0 heterocycles. The van der Waals surface area contributed by atoms with E-state index in [0.717, 1.165) is 17.1 Å². The predicted octanol–water partition coefficient (Wildman–Crippen LogP) is 17.2. The second-order valence-corrected chi connectivity index (χ2v) is 18.6. The van der Waals surface area contributed by atoms with Gasteiger partial charge in [0.15, 0.2) is 0 Å². The minimum Gasteiger partial charge on any atom is -0.310 e. The maximum atomic E-state index is 2.66. The van der Waals surface area contributed by atoms with Crippen molar-refractivity contribution in [2.45, 2.75) is 10.8 Å². The van der Waals surface area contributed by atoms with Gasteiger partial charge in [0.25, 0.3) is 0 Å². The Balaban J connectivity index is 1.12. The van der Waals surface area contributed by atoms with Gasteiger partial charge in [0.2, 0.25) is 0 Å². The Morgan fingerprint density at radius 1 is 0.217 bits per heavy atom. The van der Waals surface area contributed by atoms with E-state index in [0.29, 0.717) is 0 Å². The Morgan fingerprint density at radius 2 is 0.609 bits per heavy atom. The van der Waals surface area contributed by atoms with Gasteiger partial charge in [-0.2, -0.15) is 0 Å². The second kappa shape index (κ2) is 15.4. The lowest BCUT2D eigenvalue weighted by Gasteiger charge is -2.36. The highest BCUT2D eigenvalue weighted by Crippen LogP contribution is 2.68. The molecule has 0 bridgehead atoms. The minimum absolute atomic E-state index is 0.535. The zero-order chi connectivity index (χ0) is 45.5. The van der Waals surface area contributed by atoms with Gasteiger partial charge in [0, 0.05) is 17.1 Å². The summed E-state index contributed by atoms with van der Waals surface area (Å²) in [6.45, 7) is 0. The van der Waals surface area contributed by atoms with E-state index in [-0.39, 0.29) is 0 Å². The van der Waals surface area contributed by atoms with Crippen LogP contribution in [0.3, 0.4) is 0 Å². The third-order valence-corrected chi connectivity index (χ3v) is 15.3. The molecule has 0 unspecified atom stereocenters. The van der Waals surface area contributed by atoms with Crippen molar-refractivity contribution in [2.24, 2.45) is 0 Å². The topological polar surface area (TPSA) is 3.24 Å². The molecule has 322 valence electrons. The van der Waals surface area contributed by atoms with Crippen LogP contribution in [-0.2, 0) is 10.8 Å². The first kappa shape index (κ1) is 39.4. The smallest absolute Gasteiger partial charge is 0.0725 e. The molecule has 1 nitrogen and oxygen atoms in total. The molecule has 0 saturated carbocycles. The number of benzene rings is 11. The lowest BCUT2D eigenvalue weighted by molar-refractivity contribution is 0.753. The van der Waals surface area contributed by atoms with Crippen LogP contribution in [0.25, 0.3) is 55.6 Å². The molecule has 11 aromatic rings. The van der Waals surface area contributed by atoms with E-state index < -0.39 is 10.8 Å². The molecule has 1 heteroatoms. The summed E-state index contributed by atoms with van der Waals surface area (Å²) < 4.78 is 0. The molecule has 0 fully saturated rings. The van der Waals surface area contributed by atoms with Crippen LogP contribution in [0.4, 0.5) is 17.1 Å². The summed E-state index contributed by atoms with van der Waals surface area (Å²) >= 11 is 0. The highest BCUT2D eigenvalue weighted by molar-refractivity contribution is 6.08. The fourth-order valence-corrected chi connectivity index (χ4v) is 12.7. The Morgan fingerprint density at radius 3 is 1.17 bits per heavy atom. The summed E-state index contributed by atoms with van der Waals surface area (Å²) in [4.78, 5) is 2.43. The van der Waals surface area contributed by atoms with E-state index in [1.54, 1.807) is 0 Å². The number of hydrogen-bond acceptors (Lipinski definition) is 1. The number of hydrogen-bond donors (Lipinski definition) is 0. The first-order valence-corrected chi connectivity index (χ1v) is 24.1. The monoisotopic (exact) mass is 875 g/mol. The van der Waals surface area contributed by atoms with Gasteiger partial charge in [-0.1, -0.05) is 237 Å². The molecular formula is C68H45N. The number of rotatable bonds is 7. The van der Waals surface area contributed by atoms with Gasteiger partial charge >= 0.3 is 0 Å². The van der Waals surface area contributed by atoms with Crippen molar-refractivity contribution in [1.29, 1.82) is 0 Å². The SMILES string of the molecule is c1ccc(-c2ccc(N(c3ccccc3)c3ccc4c(c3)C(c3ccccc3)(c3ccccc3)c3cc5c(c(-c6ccccc6)c3-4)-c3ccccc3C53c4ccccc4-c4ccccc43)cc2)cc1. The van der Waals surface area contributed by atoms with E-state index in [1.807, 2.05) is 0 Å². The fraction of sp³-hybridized carbons (Fsp3) is 0.0294. The number of fused-ring (bicyclic) bond motifs is 13. The van der Waals surface area contributed by atoms with Gasteiger partial charge in [-0.15, -0.1) is 0 Å². The van der Waals surface area contributed by atoms with Crippen LogP contribution >= 0.6 is 0 Å². The Bertz CT molecular complexity index is 3660. The van der Waals surface area contributed by atoms with Gasteiger partial charge in [-0.3, -0.25) is 0 Å². The van der Waals surface area contributed by atoms with Crippen LogP contribution in [0.1, 0.15) is 44.5 Å². The van der Waals surface area contributed by atoms with Crippen LogP contribution in [0.2, 0.25) is 0 Å². The molecular weight excluding hydrogens is 831 g/mol. The second-order valence-electron chi connectivity index (χ2n) is 18.6. The highest BCUT2D eigenvalue weighted by Gasteiger charge is 2.56. The first-order valence-electron chi connectivity index (χ1n) is 24.1. The van der Waals surface area contributed by atoms with E-state index in [2.05, 4.69) is 278 Å². The third-order valence-electron chi connectivity index (χ3n) is 15.3. The summed E-state index contributed by atoms with van der Waals surface area (Å²) in [5, 5.41) is 0. The lowest BCUT2D eigenvalue weighted by Crippen LogP contribution is -2.30. The predicted molar refractivity (Wildman–Crippen MR) is 286 cm³/mol. The van der Waals surface area contributed by atoms with E-state index >= 15 is 0 Å². The normalized spacial score (nSPS) is 13.7. The van der Waals surface area contributed by atoms with Crippen molar-refractivity contribution >= 4 is 17.1 Å². The van der Waals surface area contributed by atoms with Crippen molar-refractivity contribution in [2.75, 3.05) is 4.90 Å². The molecule has 3 aliphatic rings. The molecule has 69 heavy (non-hydrogen) atoms. The molecule has 3 aliphatic carbocycles. The van der Waals surface area contributed by atoms with Crippen molar-refractivity contribution in [3.05, 3.63) is 317 Å². The molecule has 0 aliphatic heterocycles. The minimum atomic E-state index is -0.700. The summed E-state index contributed by atoms with van der Waals surface area (Å²) in [5.74, 6) is 0. The lowest BCUT2D eigenvalue weighted by atomic mass is 9.65. The van der Waals surface area contributed by atoms with Gasteiger partial charge in [-0.05, 0) is 137 Å². The quantitative estimate of drug-likeness (QED) is 0.154. The largest absolute Gasteiger partial charge is 0.310 e. The zero-order valence-corrected chi connectivity index (χ0v) is 37.9. The molecule has 14 rings (SSSR count). The summed E-state index contributed by atoms with van der Waals surface area (Å²) in [6, 6.07) is 102. The maximum absolute atomic E-state index is 2.66. The Hall–Kier alpha value is -8.78. The average Bonchev–Trinajstić information content (AvgIpc) is 4.02. The molecule has 0 saturated heterocycles. The van der Waals surface area contributed by atoms with Gasteiger partial charge in [-0.25, -0.2) is 0 Å². The summed E-state index contributed by atoms with van der Waals surface area (Å²) in [5.41, 5.74) is 25.2. The van der Waals surface area contributed by atoms with Crippen LogP contribution in [-0.4, -0.2) is 0 Å². The number of nitrogens with zero attached hydrogens (tertiary/aromatic N) is 1. The van der Waals surface area contributed by atoms with Crippen molar-refractivity contribution in [3.8, 4) is 55.6 Å². The maximum Gasteiger partial charge on any atom is 0.0725 e. The zero-order valence-electron chi connectivity index (χ0n) is 37.9. The van der Waals surface area contributed by atoms with Crippen LogP contribution in [0, 0.1) is 0 Å². The number of anilines is 3.